The predicted molar refractivity (Wildman–Crippen MR) is 70.6 cm³/mol. The van der Waals surface area contributed by atoms with Crippen LogP contribution in [0.5, 0.6) is 5.75 Å². The van der Waals surface area contributed by atoms with Crippen LogP contribution < -0.4 is 15.2 Å². The normalized spacial score (nSPS) is 11.5. The largest absolute Gasteiger partial charge is 0.548 e. The number of methoxy groups -OCH3 is 1. The van der Waals surface area contributed by atoms with Crippen molar-refractivity contribution in [3.05, 3.63) is 33.9 Å². The minimum Gasteiger partial charge on any atom is -0.548 e. The van der Waals surface area contributed by atoms with Crippen molar-refractivity contribution in [2.75, 3.05) is 7.11 Å². The number of carbonyl (C=O) groups is 2. The van der Waals surface area contributed by atoms with E-state index in [1.807, 2.05) is 0 Å². The van der Waals surface area contributed by atoms with Gasteiger partial charge in [0.1, 0.15) is 0 Å². The van der Waals surface area contributed by atoms with Crippen LogP contribution >= 0.6 is 0 Å². The van der Waals surface area contributed by atoms with Gasteiger partial charge in [-0.2, -0.15) is 0 Å². The van der Waals surface area contributed by atoms with Gasteiger partial charge in [-0.3, -0.25) is 14.9 Å². The van der Waals surface area contributed by atoms with Gasteiger partial charge in [0.15, 0.2) is 5.75 Å². The summed E-state index contributed by atoms with van der Waals surface area (Å²) in [6.07, 6.45) is 0.0193. The second-order valence-electron chi connectivity index (χ2n) is 4.26. The molecule has 0 bridgehead atoms. The molecule has 0 radical (unpaired) electrons. The van der Waals surface area contributed by atoms with Crippen molar-refractivity contribution in [2.45, 2.75) is 25.8 Å². The molecule has 0 aliphatic carbocycles. The van der Waals surface area contributed by atoms with Crippen LogP contribution in [0.3, 0.4) is 0 Å². The lowest BCUT2D eigenvalue weighted by Gasteiger charge is -2.19. The monoisotopic (exact) mass is 295 g/mol. The summed E-state index contributed by atoms with van der Waals surface area (Å²) in [5.74, 6) is -1.81. The Bertz CT molecular complexity index is 558. The molecule has 0 aromatic heterocycles. The quantitative estimate of drug-likeness (QED) is 0.548. The number of carboxylic acid groups (broad SMARTS) is 1. The van der Waals surface area contributed by atoms with Gasteiger partial charge in [0.2, 0.25) is 5.91 Å². The summed E-state index contributed by atoms with van der Waals surface area (Å²) in [5.41, 5.74) is 0.113. The Balaban J connectivity index is 2.99. The van der Waals surface area contributed by atoms with Crippen LogP contribution in [-0.4, -0.2) is 30.0 Å². The molecule has 0 heterocycles. The number of benzene rings is 1. The van der Waals surface area contributed by atoms with E-state index in [9.17, 15) is 24.8 Å². The number of nitrogens with one attached hydrogen (secondary N) is 1. The summed E-state index contributed by atoms with van der Waals surface area (Å²) in [6.45, 7) is 1.58. The number of nitro groups is 1. The zero-order chi connectivity index (χ0) is 16.0. The Kier molecular flexibility index (Phi) is 5.65. The third-order valence-corrected chi connectivity index (χ3v) is 2.82. The highest BCUT2D eigenvalue weighted by Gasteiger charge is 2.18. The number of hydrogen-bond donors (Lipinski definition) is 1. The number of carboxylic acids is 1. The van der Waals surface area contributed by atoms with E-state index in [4.69, 9.17) is 4.74 Å². The van der Waals surface area contributed by atoms with Gasteiger partial charge in [0, 0.05) is 12.5 Å². The van der Waals surface area contributed by atoms with Gasteiger partial charge >= 0.3 is 5.69 Å². The number of hydrogen-bond acceptors (Lipinski definition) is 6. The van der Waals surface area contributed by atoms with Crippen molar-refractivity contribution < 1.29 is 24.4 Å². The van der Waals surface area contributed by atoms with E-state index < -0.39 is 22.8 Å². The first-order chi connectivity index (χ1) is 9.88. The van der Waals surface area contributed by atoms with E-state index in [0.717, 1.165) is 0 Å². The number of nitrogens with zero attached hydrogens (tertiary/aromatic N) is 1. The zero-order valence-electron chi connectivity index (χ0n) is 11.6. The van der Waals surface area contributed by atoms with Crippen LogP contribution in [-0.2, 0) is 16.0 Å². The molecule has 0 spiro atoms. The lowest BCUT2D eigenvalue weighted by molar-refractivity contribution is -0.385. The molecule has 1 atom stereocenters. The Morgan fingerprint density at radius 2 is 2.10 bits per heavy atom. The summed E-state index contributed by atoms with van der Waals surface area (Å²) in [5, 5.41) is 24.2. The molecule has 1 aromatic rings. The fraction of sp³-hybridized carbons (Fsp3) is 0.385. The van der Waals surface area contributed by atoms with Gasteiger partial charge in [-0.1, -0.05) is 13.0 Å². The summed E-state index contributed by atoms with van der Waals surface area (Å²) >= 11 is 0. The first kappa shape index (κ1) is 16.4. The Morgan fingerprint density at radius 1 is 1.43 bits per heavy atom. The predicted octanol–water partition coefficient (Wildman–Crippen LogP) is -0.209. The van der Waals surface area contributed by atoms with Crippen LogP contribution in [0.25, 0.3) is 0 Å². The number of rotatable bonds is 7. The third kappa shape index (κ3) is 4.44. The van der Waals surface area contributed by atoms with Crippen molar-refractivity contribution in [2.24, 2.45) is 0 Å². The molecule has 8 nitrogen and oxygen atoms in total. The molecule has 0 fully saturated rings. The minimum absolute atomic E-state index is 0.0753. The maximum Gasteiger partial charge on any atom is 0.311 e. The summed E-state index contributed by atoms with van der Waals surface area (Å²) in [4.78, 5) is 32.6. The van der Waals surface area contributed by atoms with Crippen molar-refractivity contribution >= 4 is 17.6 Å². The third-order valence-electron chi connectivity index (χ3n) is 2.82. The van der Waals surface area contributed by atoms with E-state index in [1.165, 1.54) is 25.3 Å². The van der Waals surface area contributed by atoms with Gasteiger partial charge in [-0.15, -0.1) is 0 Å². The second kappa shape index (κ2) is 7.22. The van der Waals surface area contributed by atoms with Crippen LogP contribution in [0, 0.1) is 10.1 Å². The van der Waals surface area contributed by atoms with Gasteiger partial charge in [-0.25, -0.2) is 0 Å². The van der Waals surface area contributed by atoms with Crippen molar-refractivity contribution in [1.82, 2.24) is 5.32 Å². The van der Waals surface area contributed by atoms with Crippen molar-refractivity contribution in [3.63, 3.8) is 0 Å². The topological polar surface area (TPSA) is 122 Å². The molecular weight excluding hydrogens is 280 g/mol. The molecule has 1 N–H and O–H groups in total. The lowest BCUT2D eigenvalue weighted by atomic mass is 10.0. The fourth-order valence-corrected chi connectivity index (χ4v) is 1.73. The summed E-state index contributed by atoms with van der Waals surface area (Å²) < 4.78 is 4.86. The highest BCUT2D eigenvalue weighted by Crippen LogP contribution is 2.27. The molecule has 0 saturated heterocycles. The molecule has 1 aromatic carbocycles. The number of carbonyl (C=O) groups excluding carboxylic acids is 2. The molecule has 114 valence electrons. The van der Waals surface area contributed by atoms with Gasteiger partial charge < -0.3 is 20.0 Å². The van der Waals surface area contributed by atoms with E-state index in [2.05, 4.69) is 5.32 Å². The number of ether oxygens (including phenoxy) is 1. The zero-order valence-corrected chi connectivity index (χ0v) is 11.6. The highest BCUT2D eigenvalue weighted by atomic mass is 16.6. The molecule has 21 heavy (non-hydrogen) atoms. The van der Waals surface area contributed by atoms with Crippen molar-refractivity contribution in [1.29, 1.82) is 0 Å². The second-order valence-corrected chi connectivity index (χ2v) is 4.26. The summed E-state index contributed by atoms with van der Waals surface area (Å²) in [6, 6.07) is 2.85. The van der Waals surface area contributed by atoms with Gasteiger partial charge in [-0.05, 0) is 18.1 Å². The first-order valence-electron chi connectivity index (χ1n) is 6.20. The minimum atomic E-state index is -1.45. The van der Waals surface area contributed by atoms with E-state index >= 15 is 0 Å². The molecule has 8 heteroatoms. The van der Waals surface area contributed by atoms with Crippen LogP contribution in [0.15, 0.2) is 18.2 Å². The standard InChI is InChI=1S/C13H16N2O6/c1-3-12(16)14-9(13(17)18)6-8-4-5-11(21-2)10(7-8)15(19)20/h4-5,7,9H,3,6H2,1-2H3,(H,14,16)(H,17,18)/p-1/t9-/m0/s1. The molecule has 0 saturated carbocycles. The average molecular weight is 295 g/mol. The summed E-state index contributed by atoms with van der Waals surface area (Å²) in [7, 11) is 1.30. The Morgan fingerprint density at radius 3 is 2.57 bits per heavy atom. The van der Waals surface area contributed by atoms with Gasteiger partial charge in [0.25, 0.3) is 0 Å². The lowest BCUT2D eigenvalue weighted by Crippen LogP contribution is -2.49. The first-order valence-corrected chi connectivity index (χ1v) is 6.20. The van der Waals surface area contributed by atoms with E-state index in [-0.39, 0.29) is 24.3 Å². The maximum absolute atomic E-state index is 11.3. The van der Waals surface area contributed by atoms with E-state index in [0.29, 0.717) is 5.56 Å². The smallest absolute Gasteiger partial charge is 0.311 e. The Labute approximate surface area is 120 Å². The fourth-order valence-electron chi connectivity index (χ4n) is 1.73. The van der Waals surface area contributed by atoms with Crippen molar-refractivity contribution in [3.8, 4) is 5.75 Å². The number of aliphatic carboxylic acids is 1. The SMILES string of the molecule is CCC(=O)N[C@@H](Cc1ccc(OC)c([N+](=O)[O-])c1)C(=O)[O-]. The highest BCUT2D eigenvalue weighted by molar-refractivity contribution is 5.82. The maximum atomic E-state index is 11.3. The van der Waals surface area contributed by atoms with Crippen LogP contribution in [0.4, 0.5) is 5.69 Å². The number of nitro benzene ring substituents is 1. The van der Waals surface area contributed by atoms with Gasteiger partial charge in [0.05, 0.1) is 24.0 Å². The molecule has 1 rings (SSSR count). The van der Waals surface area contributed by atoms with E-state index in [1.54, 1.807) is 6.92 Å². The molecule has 1 amide bonds. The molecule has 0 unspecified atom stereocenters. The average Bonchev–Trinajstić information content (AvgIpc) is 2.45. The Hall–Kier alpha value is -2.64. The molecular formula is C13H15N2O6-. The van der Waals surface area contributed by atoms with Crippen LogP contribution in [0.2, 0.25) is 0 Å². The molecule has 0 aliphatic heterocycles. The van der Waals surface area contributed by atoms with Crippen LogP contribution in [0.1, 0.15) is 18.9 Å². The number of amides is 1. The molecule has 0 aliphatic rings.